The second-order valence-corrected chi connectivity index (χ2v) is 8.24. The lowest BCUT2D eigenvalue weighted by atomic mass is 10.0. The molecular weight excluding hydrogens is 484 g/mol. The van der Waals surface area contributed by atoms with Crippen molar-refractivity contribution in [3.05, 3.63) is 30.5 Å². The standard InChI is InChI=1S/C22H22F4N8O2/c1-12(35)32-7-6-16(15(23)10-32)27-21-28-20(36-2)19-14(5-8-33(19)30-21)13-3-4-17-18(9-13)34(31-29-17)11-22(24,25)26/h3-5,8-9,15-16H,6-7,10-11H2,1-2H3,(H,27,30)/t15-,16+/m1/s1/i1D3,2D3. The average molecular weight is 513 g/mol. The Bertz CT molecular complexity index is 1640. The zero-order valence-corrected chi connectivity index (χ0v) is 18.3. The lowest BCUT2D eigenvalue weighted by Crippen LogP contribution is -2.49. The molecule has 1 aliphatic rings. The lowest BCUT2D eigenvalue weighted by Gasteiger charge is -2.34. The molecule has 1 N–H and O–H groups in total. The van der Waals surface area contributed by atoms with Crippen molar-refractivity contribution in [2.75, 3.05) is 25.4 Å². The molecule has 10 nitrogen and oxygen atoms in total. The van der Waals surface area contributed by atoms with E-state index in [2.05, 4.69) is 25.7 Å². The van der Waals surface area contributed by atoms with E-state index in [1.807, 2.05) is 0 Å². The number of fused-ring (bicyclic) bond motifs is 2. The van der Waals surface area contributed by atoms with Gasteiger partial charge in [0.15, 0.2) is 0 Å². The van der Waals surface area contributed by atoms with Gasteiger partial charge in [-0.3, -0.25) is 4.79 Å². The molecule has 1 aliphatic heterocycles. The van der Waals surface area contributed by atoms with Crippen LogP contribution < -0.4 is 10.1 Å². The molecule has 190 valence electrons. The summed E-state index contributed by atoms with van der Waals surface area (Å²) < 4.78 is 106. The number of piperidine rings is 1. The number of alkyl halides is 4. The van der Waals surface area contributed by atoms with E-state index in [0.717, 1.165) is 4.90 Å². The van der Waals surface area contributed by atoms with Gasteiger partial charge in [0.05, 0.1) is 29.3 Å². The van der Waals surface area contributed by atoms with Crippen LogP contribution in [0.2, 0.25) is 0 Å². The fourth-order valence-electron chi connectivity index (χ4n) is 4.19. The fourth-order valence-corrected chi connectivity index (χ4v) is 4.19. The number of nitrogens with zero attached hydrogens (tertiary/aromatic N) is 7. The molecule has 1 fully saturated rings. The highest BCUT2D eigenvalue weighted by Gasteiger charge is 2.32. The van der Waals surface area contributed by atoms with E-state index in [-0.39, 0.29) is 35.5 Å². The molecule has 1 saturated heterocycles. The number of hydrogen-bond donors (Lipinski definition) is 1. The van der Waals surface area contributed by atoms with Gasteiger partial charge >= 0.3 is 6.18 Å². The van der Waals surface area contributed by atoms with Crippen molar-refractivity contribution in [3.63, 3.8) is 0 Å². The molecule has 4 aromatic rings. The van der Waals surface area contributed by atoms with Crippen molar-refractivity contribution in [3.8, 4) is 17.0 Å². The molecule has 4 heterocycles. The van der Waals surface area contributed by atoms with Crippen LogP contribution in [0.25, 0.3) is 27.7 Å². The molecule has 5 rings (SSSR count). The lowest BCUT2D eigenvalue weighted by molar-refractivity contribution is -0.142. The van der Waals surface area contributed by atoms with Gasteiger partial charge in [-0.1, -0.05) is 11.3 Å². The summed E-state index contributed by atoms with van der Waals surface area (Å²) >= 11 is 0. The Hall–Kier alpha value is -3.97. The largest absolute Gasteiger partial charge is 0.479 e. The second-order valence-electron chi connectivity index (χ2n) is 8.24. The maximum atomic E-state index is 15.0. The molecule has 0 unspecified atom stereocenters. The van der Waals surface area contributed by atoms with Gasteiger partial charge in [0.2, 0.25) is 17.7 Å². The summed E-state index contributed by atoms with van der Waals surface area (Å²) in [6.45, 7) is -4.80. The molecule has 0 saturated carbocycles. The summed E-state index contributed by atoms with van der Waals surface area (Å²) in [5.74, 6) is -1.79. The third-order valence-electron chi connectivity index (χ3n) is 5.87. The first kappa shape index (κ1) is 17.5. The van der Waals surface area contributed by atoms with Crippen molar-refractivity contribution in [1.82, 2.24) is 34.5 Å². The van der Waals surface area contributed by atoms with Crippen molar-refractivity contribution >= 4 is 28.4 Å². The number of aromatic nitrogens is 6. The SMILES string of the molecule is [2H]C([2H])([2H])Oc1nc(N[C@H]2CCN(C(=O)C([2H])([2H])[2H])C[C@H]2F)nn2ccc(-c3ccc4nnn(CC(F)(F)F)c4c3)c12. The number of likely N-dealkylation sites (tertiary alicyclic amines) is 1. The van der Waals surface area contributed by atoms with Crippen LogP contribution in [0.4, 0.5) is 23.5 Å². The third-order valence-corrected chi connectivity index (χ3v) is 5.87. The number of carbonyl (C=O) groups excluding carboxylic acids is 1. The van der Waals surface area contributed by atoms with Crippen LogP contribution in [0.5, 0.6) is 5.88 Å². The Labute approximate surface area is 210 Å². The Morgan fingerprint density at radius 3 is 2.94 bits per heavy atom. The summed E-state index contributed by atoms with van der Waals surface area (Å²) in [5.41, 5.74) is 1.05. The maximum absolute atomic E-state index is 15.0. The van der Waals surface area contributed by atoms with E-state index >= 15 is 0 Å². The van der Waals surface area contributed by atoms with E-state index in [1.165, 1.54) is 28.9 Å². The van der Waals surface area contributed by atoms with Gasteiger partial charge in [-0.05, 0) is 30.2 Å². The summed E-state index contributed by atoms with van der Waals surface area (Å²) in [6, 6.07) is 5.00. The van der Waals surface area contributed by atoms with Gasteiger partial charge in [-0.2, -0.15) is 18.2 Å². The summed E-state index contributed by atoms with van der Waals surface area (Å²) in [6.07, 6.45) is -4.80. The maximum Gasteiger partial charge on any atom is 0.408 e. The van der Waals surface area contributed by atoms with Crippen LogP contribution in [-0.2, 0) is 11.3 Å². The van der Waals surface area contributed by atoms with Crippen molar-refractivity contribution in [2.45, 2.75) is 38.2 Å². The molecule has 14 heteroatoms. The molecule has 1 aromatic carbocycles. The average Bonchev–Trinajstić information content (AvgIpc) is 3.46. The Morgan fingerprint density at radius 1 is 1.33 bits per heavy atom. The number of hydrogen-bond acceptors (Lipinski definition) is 7. The van der Waals surface area contributed by atoms with E-state index in [4.69, 9.17) is 13.0 Å². The number of halogens is 4. The number of carbonyl (C=O) groups is 1. The second kappa shape index (κ2) is 8.91. The Kier molecular flexibility index (Phi) is 4.32. The quantitative estimate of drug-likeness (QED) is 0.410. The Morgan fingerprint density at radius 2 is 2.19 bits per heavy atom. The minimum atomic E-state index is -4.54. The molecule has 0 radical (unpaired) electrons. The number of benzene rings is 1. The first-order valence-electron chi connectivity index (χ1n) is 13.7. The van der Waals surface area contributed by atoms with Crippen LogP contribution >= 0.6 is 0 Å². The van der Waals surface area contributed by atoms with Gasteiger partial charge in [-0.25, -0.2) is 13.6 Å². The van der Waals surface area contributed by atoms with Crippen molar-refractivity contribution < 1.29 is 35.3 Å². The zero-order chi connectivity index (χ0) is 30.6. The van der Waals surface area contributed by atoms with Crippen LogP contribution in [0, 0.1) is 0 Å². The highest BCUT2D eigenvalue weighted by atomic mass is 19.4. The molecule has 0 spiro atoms. The highest BCUT2D eigenvalue weighted by molar-refractivity contribution is 5.89. The normalized spacial score (nSPS) is 21.8. The summed E-state index contributed by atoms with van der Waals surface area (Å²) in [5, 5.41) is 14.3. The number of amides is 1. The first-order chi connectivity index (χ1) is 19.5. The van der Waals surface area contributed by atoms with Gasteiger partial charge < -0.3 is 15.0 Å². The smallest absolute Gasteiger partial charge is 0.408 e. The minimum absolute atomic E-state index is 0.0103. The van der Waals surface area contributed by atoms with Gasteiger partial charge in [0.1, 0.15) is 23.7 Å². The number of anilines is 1. The van der Waals surface area contributed by atoms with Crippen LogP contribution in [0.15, 0.2) is 30.5 Å². The van der Waals surface area contributed by atoms with Crippen LogP contribution in [-0.4, -0.2) is 78.9 Å². The number of methoxy groups -OCH3 is 1. The monoisotopic (exact) mass is 512 g/mol. The van der Waals surface area contributed by atoms with E-state index < -0.39 is 57.2 Å². The van der Waals surface area contributed by atoms with Crippen molar-refractivity contribution in [2.24, 2.45) is 0 Å². The van der Waals surface area contributed by atoms with Crippen LogP contribution in [0.1, 0.15) is 21.5 Å². The van der Waals surface area contributed by atoms with E-state index in [9.17, 15) is 22.4 Å². The van der Waals surface area contributed by atoms with Gasteiger partial charge in [-0.15, -0.1) is 10.2 Å². The predicted molar refractivity (Wildman–Crippen MR) is 121 cm³/mol. The third kappa shape index (κ3) is 4.50. The van der Waals surface area contributed by atoms with Crippen molar-refractivity contribution in [1.29, 1.82) is 0 Å². The van der Waals surface area contributed by atoms with Gasteiger partial charge in [0.25, 0.3) is 0 Å². The number of ether oxygens (including phenoxy) is 1. The minimum Gasteiger partial charge on any atom is -0.479 e. The molecule has 0 aliphatic carbocycles. The molecule has 3 aromatic heterocycles. The Balaban J connectivity index is 1.48. The van der Waals surface area contributed by atoms with Crippen LogP contribution in [0.3, 0.4) is 0 Å². The summed E-state index contributed by atoms with van der Waals surface area (Å²) in [4.78, 5) is 17.1. The first-order valence-corrected chi connectivity index (χ1v) is 10.7. The topological polar surface area (TPSA) is 102 Å². The molecular formula is C22H22F4N8O2. The molecule has 2 atom stereocenters. The van der Waals surface area contributed by atoms with E-state index in [0.29, 0.717) is 15.8 Å². The molecule has 36 heavy (non-hydrogen) atoms. The van der Waals surface area contributed by atoms with E-state index in [1.54, 1.807) is 6.07 Å². The summed E-state index contributed by atoms with van der Waals surface area (Å²) in [7, 11) is -2.96. The highest BCUT2D eigenvalue weighted by Crippen LogP contribution is 2.33. The van der Waals surface area contributed by atoms with Gasteiger partial charge in [0, 0.05) is 29.3 Å². The molecule has 1 amide bonds. The fraction of sp³-hybridized carbons (Fsp3) is 0.409. The molecule has 0 bridgehead atoms. The zero-order valence-electron chi connectivity index (χ0n) is 24.3. The number of rotatable bonds is 5. The number of nitrogens with one attached hydrogen (secondary N) is 1. The predicted octanol–water partition coefficient (Wildman–Crippen LogP) is 3.08.